The molecular formula is C17H15FN4O. The average molecular weight is 310 g/mol. The van der Waals surface area contributed by atoms with Crippen LogP contribution in [0.15, 0.2) is 48.5 Å². The highest BCUT2D eigenvalue weighted by atomic mass is 19.1. The Labute approximate surface area is 132 Å². The van der Waals surface area contributed by atoms with E-state index in [-0.39, 0.29) is 30.2 Å². The summed E-state index contributed by atoms with van der Waals surface area (Å²) in [6.45, 7) is 0.132. The molecule has 1 heterocycles. The van der Waals surface area contributed by atoms with Gasteiger partial charge in [0.15, 0.2) is 0 Å². The van der Waals surface area contributed by atoms with E-state index in [0.29, 0.717) is 0 Å². The van der Waals surface area contributed by atoms with Gasteiger partial charge in [0.25, 0.3) is 0 Å². The summed E-state index contributed by atoms with van der Waals surface area (Å²) in [5.41, 5.74) is 2.53. The third-order valence-electron chi connectivity index (χ3n) is 4.13. The molecule has 1 fully saturated rings. The van der Waals surface area contributed by atoms with Gasteiger partial charge >= 0.3 is 0 Å². The van der Waals surface area contributed by atoms with Gasteiger partial charge in [-0.1, -0.05) is 29.5 Å². The Morgan fingerprint density at radius 2 is 2.13 bits per heavy atom. The molecule has 1 aliphatic carbocycles. The second-order valence-electron chi connectivity index (χ2n) is 5.81. The number of halogens is 1. The molecule has 0 unspecified atom stereocenters. The van der Waals surface area contributed by atoms with E-state index >= 15 is 0 Å². The van der Waals surface area contributed by atoms with Crippen LogP contribution in [0.5, 0.6) is 0 Å². The third-order valence-corrected chi connectivity index (χ3v) is 4.13. The molecule has 3 aromatic rings. The summed E-state index contributed by atoms with van der Waals surface area (Å²) in [4.78, 5) is 12.2. The Kier molecular flexibility index (Phi) is 3.29. The number of hydrogen-bond acceptors (Lipinski definition) is 3. The molecule has 6 heteroatoms. The van der Waals surface area contributed by atoms with Crippen molar-refractivity contribution < 1.29 is 9.18 Å². The second-order valence-corrected chi connectivity index (χ2v) is 5.81. The van der Waals surface area contributed by atoms with E-state index in [1.165, 1.54) is 12.1 Å². The predicted octanol–water partition coefficient (Wildman–Crippen LogP) is 2.24. The lowest BCUT2D eigenvalue weighted by Crippen LogP contribution is -2.30. The van der Waals surface area contributed by atoms with E-state index in [1.54, 1.807) is 10.7 Å². The van der Waals surface area contributed by atoms with Crippen molar-refractivity contribution in [2.24, 2.45) is 0 Å². The number of nitrogens with one attached hydrogen (secondary N) is 1. The number of amides is 1. The maximum atomic E-state index is 13.2. The predicted molar refractivity (Wildman–Crippen MR) is 83.2 cm³/mol. The molecule has 1 aliphatic rings. The number of carbonyl (C=O) groups is 1. The monoisotopic (exact) mass is 310 g/mol. The molecule has 2 atom stereocenters. The quantitative estimate of drug-likeness (QED) is 0.804. The van der Waals surface area contributed by atoms with E-state index in [2.05, 4.69) is 15.6 Å². The van der Waals surface area contributed by atoms with Crippen molar-refractivity contribution in [2.75, 3.05) is 0 Å². The average Bonchev–Trinajstić information content (AvgIpc) is 3.19. The molecule has 4 rings (SSSR count). The van der Waals surface area contributed by atoms with Crippen LogP contribution in [0.4, 0.5) is 4.39 Å². The van der Waals surface area contributed by atoms with Crippen LogP contribution in [0, 0.1) is 5.82 Å². The van der Waals surface area contributed by atoms with Crippen molar-refractivity contribution in [3.63, 3.8) is 0 Å². The molecule has 2 aromatic carbocycles. The summed E-state index contributed by atoms with van der Waals surface area (Å²) >= 11 is 0. The summed E-state index contributed by atoms with van der Waals surface area (Å²) in [5.74, 6) is -0.153. The van der Waals surface area contributed by atoms with E-state index in [9.17, 15) is 9.18 Å². The standard InChI is InChI=1S/C17H15FN4O/c18-12-5-3-4-11(8-12)13-9-15(13)19-17(23)10-22-16-7-2-1-6-14(16)20-21-22/h1-8,13,15H,9-10H2,(H,19,23)/t13-,15-/m1/s1. The van der Waals surface area contributed by atoms with Crippen LogP contribution in [0.1, 0.15) is 17.9 Å². The first kappa shape index (κ1) is 13.9. The maximum Gasteiger partial charge on any atom is 0.242 e. The van der Waals surface area contributed by atoms with Crippen LogP contribution >= 0.6 is 0 Å². The molecule has 0 aliphatic heterocycles. The highest BCUT2D eigenvalue weighted by Crippen LogP contribution is 2.40. The van der Waals surface area contributed by atoms with Crippen LogP contribution in [-0.2, 0) is 11.3 Å². The van der Waals surface area contributed by atoms with Crippen molar-refractivity contribution in [2.45, 2.75) is 24.9 Å². The largest absolute Gasteiger partial charge is 0.351 e. The van der Waals surface area contributed by atoms with Crippen LogP contribution in [0.25, 0.3) is 11.0 Å². The van der Waals surface area contributed by atoms with Crippen molar-refractivity contribution in [1.29, 1.82) is 0 Å². The molecule has 5 nitrogen and oxygen atoms in total. The molecule has 0 spiro atoms. The Hall–Kier alpha value is -2.76. The van der Waals surface area contributed by atoms with Crippen LogP contribution in [0.3, 0.4) is 0 Å². The SMILES string of the molecule is O=C(Cn1nnc2ccccc21)N[C@@H]1C[C@@H]1c1cccc(F)c1. The topological polar surface area (TPSA) is 59.8 Å². The summed E-state index contributed by atoms with van der Waals surface area (Å²) in [5, 5.41) is 11.0. The molecule has 1 N–H and O–H groups in total. The Morgan fingerprint density at radius 3 is 3.00 bits per heavy atom. The number of carbonyl (C=O) groups excluding carboxylic acids is 1. The minimum atomic E-state index is -0.242. The van der Waals surface area contributed by atoms with Gasteiger partial charge in [-0.2, -0.15) is 0 Å². The van der Waals surface area contributed by atoms with Gasteiger partial charge in [-0.15, -0.1) is 5.10 Å². The van der Waals surface area contributed by atoms with Crippen molar-refractivity contribution in [3.8, 4) is 0 Å². The zero-order valence-electron chi connectivity index (χ0n) is 12.3. The van der Waals surface area contributed by atoms with Crippen LogP contribution in [-0.4, -0.2) is 26.9 Å². The van der Waals surface area contributed by atoms with Crippen molar-refractivity contribution in [1.82, 2.24) is 20.3 Å². The highest BCUT2D eigenvalue weighted by Gasteiger charge is 2.39. The smallest absolute Gasteiger partial charge is 0.242 e. The Bertz CT molecular complexity index is 876. The van der Waals surface area contributed by atoms with Gasteiger partial charge < -0.3 is 5.32 Å². The number of nitrogens with zero attached hydrogens (tertiary/aromatic N) is 3. The van der Waals surface area contributed by atoms with Gasteiger partial charge in [-0.05, 0) is 36.2 Å². The van der Waals surface area contributed by atoms with Gasteiger partial charge in [0, 0.05) is 12.0 Å². The lowest BCUT2D eigenvalue weighted by Gasteiger charge is -2.05. The number of benzene rings is 2. The lowest BCUT2D eigenvalue weighted by atomic mass is 10.1. The molecular weight excluding hydrogens is 295 g/mol. The molecule has 1 aromatic heterocycles. The fraction of sp³-hybridized carbons (Fsp3) is 0.235. The van der Waals surface area contributed by atoms with Gasteiger partial charge in [-0.3, -0.25) is 4.79 Å². The third kappa shape index (κ3) is 2.79. The Morgan fingerprint density at radius 1 is 1.26 bits per heavy atom. The number of fused-ring (bicyclic) bond motifs is 1. The lowest BCUT2D eigenvalue weighted by molar-refractivity contribution is -0.121. The number of aromatic nitrogens is 3. The summed E-state index contributed by atoms with van der Waals surface area (Å²) in [7, 11) is 0. The fourth-order valence-corrected chi connectivity index (χ4v) is 2.88. The van der Waals surface area contributed by atoms with Crippen LogP contribution < -0.4 is 5.32 Å². The molecule has 116 valence electrons. The van der Waals surface area contributed by atoms with Crippen LogP contribution in [0.2, 0.25) is 0 Å². The van der Waals surface area contributed by atoms with Gasteiger partial charge in [0.1, 0.15) is 17.9 Å². The van der Waals surface area contributed by atoms with Gasteiger partial charge in [0.05, 0.1) is 5.52 Å². The van der Waals surface area contributed by atoms with Crippen molar-refractivity contribution >= 4 is 16.9 Å². The second kappa shape index (κ2) is 5.46. The minimum absolute atomic E-state index is 0.0686. The zero-order valence-corrected chi connectivity index (χ0v) is 12.3. The molecule has 0 radical (unpaired) electrons. The van der Waals surface area contributed by atoms with Gasteiger partial charge in [0.2, 0.25) is 5.91 Å². The number of hydrogen-bond donors (Lipinski definition) is 1. The number of rotatable bonds is 4. The molecule has 1 saturated carbocycles. The fourth-order valence-electron chi connectivity index (χ4n) is 2.88. The van der Waals surface area contributed by atoms with Crippen molar-refractivity contribution in [3.05, 3.63) is 59.9 Å². The highest BCUT2D eigenvalue weighted by molar-refractivity contribution is 5.80. The summed E-state index contributed by atoms with van der Waals surface area (Å²) in [6.07, 6.45) is 0.841. The minimum Gasteiger partial charge on any atom is -0.351 e. The van der Waals surface area contributed by atoms with E-state index < -0.39 is 0 Å². The summed E-state index contributed by atoms with van der Waals surface area (Å²) < 4.78 is 14.8. The normalized spacial score (nSPS) is 19.7. The first-order valence-electron chi connectivity index (χ1n) is 7.54. The zero-order chi connectivity index (χ0) is 15.8. The first-order chi connectivity index (χ1) is 11.2. The molecule has 0 saturated heterocycles. The van der Waals surface area contributed by atoms with E-state index in [1.807, 2.05) is 30.3 Å². The first-order valence-corrected chi connectivity index (χ1v) is 7.54. The molecule has 0 bridgehead atoms. The van der Waals surface area contributed by atoms with Gasteiger partial charge in [-0.25, -0.2) is 9.07 Å². The maximum absolute atomic E-state index is 13.2. The number of para-hydroxylation sites is 1. The Balaban J connectivity index is 1.40. The van der Waals surface area contributed by atoms with E-state index in [4.69, 9.17) is 0 Å². The molecule has 23 heavy (non-hydrogen) atoms. The molecule has 1 amide bonds. The van der Waals surface area contributed by atoms with E-state index in [0.717, 1.165) is 23.0 Å². The summed E-state index contributed by atoms with van der Waals surface area (Å²) in [6, 6.07) is 14.1.